The molecular formula is C11H9Cl2NO4. The molecule has 5 nitrogen and oxygen atoms in total. The lowest BCUT2D eigenvalue weighted by atomic mass is 10.2. The van der Waals surface area contributed by atoms with E-state index in [-0.39, 0.29) is 27.9 Å². The van der Waals surface area contributed by atoms with E-state index in [1.54, 1.807) is 6.92 Å². The Kier molecular flexibility index (Phi) is 5.12. The molecule has 0 spiro atoms. The minimum atomic E-state index is -0.707. The van der Waals surface area contributed by atoms with Crippen LogP contribution in [0.4, 0.5) is 5.69 Å². The van der Waals surface area contributed by atoms with Crippen LogP contribution in [0.2, 0.25) is 5.02 Å². The van der Waals surface area contributed by atoms with E-state index in [0.717, 1.165) is 0 Å². The predicted octanol–water partition coefficient (Wildman–Crippen LogP) is 3.39. The molecule has 7 heteroatoms. The third kappa shape index (κ3) is 3.72. The number of esters is 1. The molecule has 0 aliphatic carbocycles. The van der Waals surface area contributed by atoms with Crippen LogP contribution in [-0.4, -0.2) is 17.5 Å². The lowest BCUT2D eigenvalue weighted by Crippen LogP contribution is -2.03. The molecule has 0 N–H and O–H groups in total. The summed E-state index contributed by atoms with van der Waals surface area (Å²) in [6, 6.07) is 3.85. The molecule has 1 aromatic rings. The van der Waals surface area contributed by atoms with Crippen molar-refractivity contribution in [2.45, 2.75) is 6.92 Å². The fourth-order valence-electron chi connectivity index (χ4n) is 1.15. The number of ether oxygens (including phenoxy) is 1. The molecule has 18 heavy (non-hydrogen) atoms. The monoisotopic (exact) mass is 289 g/mol. The zero-order valence-corrected chi connectivity index (χ0v) is 10.9. The molecule has 0 fully saturated rings. The zero-order valence-electron chi connectivity index (χ0n) is 9.35. The van der Waals surface area contributed by atoms with Crippen molar-refractivity contribution in [2.75, 3.05) is 6.61 Å². The molecule has 0 amide bonds. The Hall–Kier alpha value is -1.59. The van der Waals surface area contributed by atoms with Crippen LogP contribution in [0.15, 0.2) is 23.2 Å². The maximum absolute atomic E-state index is 11.3. The first-order chi connectivity index (χ1) is 8.45. The van der Waals surface area contributed by atoms with Crippen LogP contribution in [0.1, 0.15) is 12.5 Å². The van der Waals surface area contributed by atoms with Crippen molar-refractivity contribution in [3.63, 3.8) is 0 Å². The van der Waals surface area contributed by atoms with Gasteiger partial charge in [0.05, 0.1) is 11.5 Å². The molecule has 0 aliphatic heterocycles. The Balaban J connectivity index is 3.09. The van der Waals surface area contributed by atoms with Gasteiger partial charge in [-0.05, 0) is 19.1 Å². The topological polar surface area (TPSA) is 69.4 Å². The first-order valence-corrected chi connectivity index (χ1v) is 5.69. The highest BCUT2D eigenvalue weighted by atomic mass is 35.5. The van der Waals surface area contributed by atoms with Crippen molar-refractivity contribution >= 4 is 40.9 Å². The summed E-state index contributed by atoms with van der Waals surface area (Å²) in [4.78, 5) is 21.3. The van der Waals surface area contributed by atoms with Gasteiger partial charge in [0.1, 0.15) is 5.03 Å². The summed E-state index contributed by atoms with van der Waals surface area (Å²) in [5.74, 6) is -0.707. The summed E-state index contributed by atoms with van der Waals surface area (Å²) in [6.45, 7) is 1.83. The average Bonchev–Trinajstić information content (AvgIpc) is 2.31. The lowest BCUT2D eigenvalue weighted by molar-refractivity contribution is -0.384. The highest BCUT2D eigenvalue weighted by Crippen LogP contribution is 2.25. The number of benzene rings is 1. The first kappa shape index (κ1) is 14.5. The van der Waals surface area contributed by atoms with E-state index in [1.807, 2.05) is 0 Å². The third-order valence-electron chi connectivity index (χ3n) is 1.94. The highest BCUT2D eigenvalue weighted by molar-refractivity contribution is 6.43. The van der Waals surface area contributed by atoms with Gasteiger partial charge in [0.15, 0.2) is 0 Å². The molecule has 1 rings (SSSR count). The van der Waals surface area contributed by atoms with E-state index >= 15 is 0 Å². The maximum atomic E-state index is 11.3. The Morgan fingerprint density at radius 1 is 1.56 bits per heavy atom. The molecule has 0 radical (unpaired) electrons. The van der Waals surface area contributed by atoms with E-state index in [2.05, 4.69) is 4.74 Å². The van der Waals surface area contributed by atoms with Crippen LogP contribution >= 0.6 is 23.2 Å². The number of hydrogen-bond donors (Lipinski definition) is 0. The van der Waals surface area contributed by atoms with Crippen molar-refractivity contribution < 1.29 is 14.5 Å². The molecule has 96 valence electrons. The number of carbonyl (C=O) groups is 1. The number of hydrogen-bond acceptors (Lipinski definition) is 4. The second-order valence-corrected chi connectivity index (χ2v) is 3.99. The van der Waals surface area contributed by atoms with Crippen LogP contribution in [0.25, 0.3) is 6.08 Å². The number of nitro groups is 1. The van der Waals surface area contributed by atoms with Gasteiger partial charge in [-0.15, -0.1) is 0 Å². The fraction of sp³-hybridized carbons (Fsp3) is 0.182. The zero-order chi connectivity index (χ0) is 13.7. The quantitative estimate of drug-likeness (QED) is 0.369. The smallest absolute Gasteiger partial charge is 0.349 e. The standard InChI is InChI=1S/C11H9Cl2NO4/c1-2-18-11(15)10(13)6-7-5-8(14(16)17)3-4-9(7)12/h3-6H,2H2,1H3. The molecule has 0 heterocycles. The molecule has 1 aromatic carbocycles. The van der Waals surface area contributed by atoms with E-state index in [1.165, 1.54) is 24.3 Å². The Morgan fingerprint density at radius 3 is 2.78 bits per heavy atom. The molecule has 0 unspecified atom stereocenters. The van der Waals surface area contributed by atoms with Crippen molar-refractivity contribution in [1.29, 1.82) is 0 Å². The van der Waals surface area contributed by atoms with Crippen LogP contribution in [0, 0.1) is 10.1 Å². The van der Waals surface area contributed by atoms with Crippen LogP contribution in [0.3, 0.4) is 0 Å². The van der Waals surface area contributed by atoms with Gasteiger partial charge < -0.3 is 4.74 Å². The minimum absolute atomic E-state index is 0.140. The number of non-ortho nitro benzene ring substituents is 1. The largest absolute Gasteiger partial charge is 0.462 e. The number of halogens is 2. The average molecular weight is 290 g/mol. The fourth-order valence-corrected chi connectivity index (χ4v) is 1.50. The van der Waals surface area contributed by atoms with Crippen LogP contribution in [0.5, 0.6) is 0 Å². The summed E-state index contributed by atoms with van der Waals surface area (Å²) >= 11 is 11.6. The SMILES string of the molecule is CCOC(=O)C(Cl)=Cc1cc([N+](=O)[O-])ccc1Cl. The maximum Gasteiger partial charge on any atom is 0.349 e. The summed E-state index contributed by atoms with van der Waals surface area (Å²) in [7, 11) is 0. The number of nitrogens with zero attached hydrogens (tertiary/aromatic N) is 1. The van der Waals surface area contributed by atoms with Gasteiger partial charge >= 0.3 is 5.97 Å². The van der Waals surface area contributed by atoms with Crippen molar-refractivity contribution in [2.24, 2.45) is 0 Å². The summed E-state index contributed by atoms with van der Waals surface area (Å²) in [6.07, 6.45) is 1.23. The second kappa shape index (κ2) is 6.37. The predicted molar refractivity (Wildman–Crippen MR) is 68.6 cm³/mol. The molecule has 0 bridgehead atoms. The first-order valence-electron chi connectivity index (χ1n) is 4.94. The van der Waals surface area contributed by atoms with E-state index in [4.69, 9.17) is 23.2 Å². The summed E-state index contributed by atoms with van der Waals surface area (Å²) in [5.41, 5.74) is 0.142. The molecule has 0 aliphatic rings. The summed E-state index contributed by atoms with van der Waals surface area (Å²) in [5, 5.41) is 10.7. The van der Waals surface area contributed by atoms with Crippen molar-refractivity contribution in [1.82, 2.24) is 0 Å². The number of nitro benzene ring substituents is 1. The number of rotatable bonds is 4. The van der Waals surface area contributed by atoms with Gasteiger partial charge in [-0.3, -0.25) is 10.1 Å². The van der Waals surface area contributed by atoms with Crippen molar-refractivity contribution in [3.8, 4) is 0 Å². The van der Waals surface area contributed by atoms with Crippen LogP contribution < -0.4 is 0 Å². The summed E-state index contributed by atoms with van der Waals surface area (Å²) < 4.78 is 4.68. The normalized spacial score (nSPS) is 11.2. The second-order valence-electron chi connectivity index (χ2n) is 3.18. The Labute approximate surface area is 113 Å². The highest BCUT2D eigenvalue weighted by Gasteiger charge is 2.12. The van der Waals surface area contributed by atoms with Crippen molar-refractivity contribution in [3.05, 3.63) is 43.9 Å². The van der Waals surface area contributed by atoms with Gasteiger partial charge in [0.2, 0.25) is 0 Å². The Bertz CT molecular complexity index is 514. The van der Waals surface area contributed by atoms with E-state index in [9.17, 15) is 14.9 Å². The van der Waals surface area contributed by atoms with E-state index in [0.29, 0.717) is 0 Å². The Morgan fingerprint density at radius 2 is 2.22 bits per heavy atom. The van der Waals surface area contributed by atoms with Gasteiger partial charge in [0.25, 0.3) is 5.69 Å². The van der Waals surface area contributed by atoms with Crippen LogP contribution in [-0.2, 0) is 9.53 Å². The molecule has 0 saturated carbocycles. The van der Waals surface area contributed by atoms with Gasteiger partial charge in [-0.25, -0.2) is 4.79 Å². The van der Waals surface area contributed by atoms with Gasteiger partial charge in [-0.1, -0.05) is 23.2 Å². The van der Waals surface area contributed by atoms with E-state index < -0.39 is 10.9 Å². The third-order valence-corrected chi connectivity index (χ3v) is 2.55. The minimum Gasteiger partial charge on any atom is -0.462 e. The lowest BCUT2D eigenvalue weighted by Gasteiger charge is -2.01. The molecule has 0 saturated heterocycles. The molecular weight excluding hydrogens is 281 g/mol. The molecule has 0 aromatic heterocycles. The molecule has 0 atom stereocenters. The number of carbonyl (C=O) groups excluding carboxylic acids is 1. The van der Waals surface area contributed by atoms with Gasteiger partial charge in [0, 0.05) is 22.7 Å². The van der Waals surface area contributed by atoms with Gasteiger partial charge in [-0.2, -0.15) is 0 Å².